The normalized spacial score (nSPS) is 15.2. The highest BCUT2D eigenvalue weighted by molar-refractivity contribution is 6.34. The molecular weight excluding hydrogens is 304 g/mol. The molecule has 1 aromatic carbocycles. The Hall–Kier alpha value is -2.08. The van der Waals surface area contributed by atoms with E-state index in [1.54, 1.807) is 4.90 Å². The van der Waals surface area contributed by atoms with E-state index in [1.807, 2.05) is 31.2 Å². The van der Waals surface area contributed by atoms with Gasteiger partial charge < -0.3 is 14.5 Å². The van der Waals surface area contributed by atoms with Crippen molar-refractivity contribution in [2.24, 2.45) is 0 Å². The fraction of sp³-hybridized carbons (Fsp3) is 0.400. The van der Waals surface area contributed by atoms with Gasteiger partial charge in [-0.1, -0.05) is 35.9 Å². The summed E-state index contributed by atoms with van der Waals surface area (Å²) in [6.07, 6.45) is -0.255. The molecule has 0 atom stereocenters. The fourth-order valence-electron chi connectivity index (χ4n) is 2.61. The van der Waals surface area contributed by atoms with E-state index in [9.17, 15) is 4.79 Å². The van der Waals surface area contributed by atoms with Crippen LogP contribution in [0.15, 0.2) is 24.3 Å². The van der Waals surface area contributed by atoms with Crippen molar-refractivity contribution in [2.75, 3.05) is 37.7 Å². The molecule has 1 amide bonds. The molecule has 0 N–H and O–H groups in total. The van der Waals surface area contributed by atoms with Gasteiger partial charge in [0.15, 0.2) is 11.0 Å². The quantitative estimate of drug-likeness (QED) is 0.851. The van der Waals surface area contributed by atoms with Crippen molar-refractivity contribution in [1.29, 1.82) is 0 Å². The summed E-state index contributed by atoms with van der Waals surface area (Å²) in [6.45, 7) is 4.81. The van der Waals surface area contributed by atoms with Gasteiger partial charge in [-0.2, -0.15) is 0 Å². The molecule has 3 rings (SSSR count). The van der Waals surface area contributed by atoms with Crippen molar-refractivity contribution >= 4 is 34.3 Å². The number of amides is 1. The smallest absolute Gasteiger partial charge is 0.409 e. The summed E-state index contributed by atoms with van der Waals surface area (Å²) >= 11 is 6.11. The Morgan fingerprint density at radius 1 is 1.18 bits per heavy atom. The number of hydrogen-bond acceptors (Lipinski definition) is 5. The first-order valence-electron chi connectivity index (χ1n) is 7.28. The highest BCUT2D eigenvalue weighted by atomic mass is 35.5. The zero-order chi connectivity index (χ0) is 15.5. The highest BCUT2D eigenvalue weighted by Gasteiger charge is 2.24. The molecule has 0 aliphatic carbocycles. The topological polar surface area (TPSA) is 58.6 Å². The molecule has 1 aliphatic rings. The number of hydrogen-bond donors (Lipinski definition) is 0. The van der Waals surface area contributed by atoms with Gasteiger partial charge in [0.1, 0.15) is 0 Å². The van der Waals surface area contributed by atoms with E-state index < -0.39 is 0 Å². The zero-order valence-electron chi connectivity index (χ0n) is 12.3. The Bertz CT molecular complexity index is 686. The number of carbonyl (C=O) groups is 1. The third-order valence-corrected chi connectivity index (χ3v) is 4.01. The summed E-state index contributed by atoms with van der Waals surface area (Å²) in [4.78, 5) is 15.6. The summed E-state index contributed by atoms with van der Waals surface area (Å²) in [5.74, 6) is 0.809. The molecular formula is C15H17ClN4O2. The van der Waals surface area contributed by atoms with E-state index in [-0.39, 0.29) is 6.09 Å². The van der Waals surface area contributed by atoms with Crippen molar-refractivity contribution in [3.05, 3.63) is 29.4 Å². The predicted molar refractivity (Wildman–Crippen MR) is 85.4 cm³/mol. The monoisotopic (exact) mass is 320 g/mol. The number of halogens is 1. The van der Waals surface area contributed by atoms with Crippen LogP contribution in [0.4, 0.5) is 10.6 Å². The van der Waals surface area contributed by atoms with Crippen LogP contribution in [0.3, 0.4) is 0 Å². The second-order valence-corrected chi connectivity index (χ2v) is 5.39. The summed E-state index contributed by atoms with van der Waals surface area (Å²) in [7, 11) is 0. The Morgan fingerprint density at radius 3 is 2.55 bits per heavy atom. The number of anilines is 1. The zero-order valence-corrected chi connectivity index (χ0v) is 13.1. The van der Waals surface area contributed by atoms with Gasteiger partial charge in [-0.15, -0.1) is 10.2 Å². The van der Waals surface area contributed by atoms with E-state index in [1.165, 1.54) is 0 Å². The second kappa shape index (κ2) is 6.36. The SMILES string of the molecule is CCOC(=O)N1CCN(c2nnc(Cl)c3ccccc23)CC1. The van der Waals surface area contributed by atoms with E-state index >= 15 is 0 Å². The van der Waals surface area contributed by atoms with Crippen molar-refractivity contribution < 1.29 is 9.53 Å². The number of ether oxygens (including phenoxy) is 1. The molecule has 1 fully saturated rings. The van der Waals surface area contributed by atoms with Crippen LogP contribution in [0.2, 0.25) is 5.15 Å². The number of nitrogens with zero attached hydrogens (tertiary/aromatic N) is 4. The molecule has 0 spiro atoms. The van der Waals surface area contributed by atoms with Gasteiger partial charge in [0.2, 0.25) is 0 Å². The first kappa shape index (κ1) is 14.8. The van der Waals surface area contributed by atoms with Crippen molar-refractivity contribution in [3.63, 3.8) is 0 Å². The minimum Gasteiger partial charge on any atom is -0.450 e. The van der Waals surface area contributed by atoms with Crippen molar-refractivity contribution in [3.8, 4) is 0 Å². The number of piperazine rings is 1. The van der Waals surface area contributed by atoms with Crippen LogP contribution in [-0.2, 0) is 4.74 Å². The van der Waals surface area contributed by atoms with Crippen molar-refractivity contribution in [1.82, 2.24) is 15.1 Å². The Kier molecular flexibility index (Phi) is 4.29. The van der Waals surface area contributed by atoms with Crippen LogP contribution in [0, 0.1) is 0 Å². The lowest BCUT2D eigenvalue weighted by Gasteiger charge is -2.34. The van der Waals surface area contributed by atoms with Gasteiger partial charge in [-0.05, 0) is 6.92 Å². The molecule has 1 aliphatic heterocycles. The molecule has 0 bridgehead atoms. The summed E-state index contributed by atoms with van der Waals surface area (Å²) in [5, 5.41) is 10.6. The lowest BCUT2D eigenvalue weighted by Crippen LogP contribution is -2.49. The molecule has 1 saturated heterocycles. The van der Waals surface area contributed by atoms with E-state index in [2.05, 4.69) is 15.1 Å². The number of aromatic nitrogens is 2. The van der Waals surface area contributed by atoms with Crippen LogP contribution >= 0.6 is 11.6 Å². The predicted octanol–water partition coefficient (Wildman–Crippen LogP) is 2.56. The average molecular weight is 321 g/mol. The lowest BCUT2D eigenvalue weighted by atomic mass is 10.1. The lowest BCUT2D eigenvalue weighted by molar-refractivity contribution is 0.105. The maximum atomic E-state index is 11.7. The minimum atomic E-state index is -0.255. The van der Waals surface area contributed by atoms with Crippen LogP contribution < -0.4 is 4.90 Å². The van der Waals surface area contributed by atoms with Gasteiger partial charge in [0.25, 0.3) is 0 Å². The molecule has 6 nitrogen and oxygen atoms in total. The third-order valence-electron chi connectivity index (χ3n) is 3.73. The van der Waals surface area contributed by atoms with Crippen LogP contribution in [0.5, 0.6) is 0 Å². The van der Waals surface area contributed by atoms with E-state index in [0.717, 1.165) is 16.6 Å². The molecule has 7 heteroatoms. The van der Waals surface area contributed by atoms with Gasteiger partial charge >= 0.3 is 6.09 Å². The fourth-order valence-corrected chi connectivity index (χ4v) is 2.81. The summed E-state index contributed by atoms with van der Waals surface area (Å²) < 4.78 is 5.03. The molecule has 1 aromatic heterocycles. The Balaban J connectivity index is 1.80. The molecule has 22 heavy (non-hydrogen) atoms. The van der Waals surface area contributed by atoms with Crippen LogP contribution in [0.25, 0.3) is 10.8 Å². The first-order chi connectivity index (χ1) is 10.7. The number of carbonyl (C=O) groups excluding carboxylic acids is 1. The molecule has 116 valence electrons. The molecule has 0 saturated carbocycles. The number of benzene rings is 1. The van der Waals surface area contributed by atoms with Crippen molar-refractivity contribution in [2.45, 2.75) is 6.92 Å². The van der Waals surface area contributed by atoms with Crippen LogP contribution in [0.1, 0.15) is 6.92 Å². The summed E-state index contributed by atoms with van der Waals surface area (Å²) in [5.41, 5.74) is 0. The second-order valence-electron chi connectivity index (χ2n) is 5.03. The largest absolute Gasteiger partial charge is 0.450 e. The standard InChI is InChI=1S/C15H17ClN4O2/c1-2-22-15(21)20-9-7-19(8-10-20)14-12-6-4-3-5-11(12)13(16)17-18-14/h3-6H,2,7-10H2,1H3. The average Bonchev–Trinajstić information content (AvgIpc) is 2.56. The van der Waals surface area contributed by atoms with Gasteiger partial charge in [0, 0.05) is 37.0 Å². The van der Waals surface area contributed by atoms with E-state index in [4.69, 9.17) is 16.3 Å². The molecule has 0 unspecified atom stereocenters. The van der Waals surface area contributed by atoms with Crippen LogP contribution in [-0.4, -0.2) is 54.0 Å². The van der Waals surface area contributed by atoms with Gasteiger partial charge in [0.05, 0.1) is 6.61 Å². The Morgan fingerprint density at radius 2 is 1.86 bits per heavy atom. The Labute approximate surface area is 133 Å². The number of fused-ring (bicyclic) bond motifs is 1. The number of rotatable bonds is 2. The highest BCUT2D eigenvalue weighted by Crippen LogP contribution is 2.28. The molecule has 0 radical (unpaired) electrons. The maximum absolute atomic E-state index is 11.7. The maximum Gasteiger partial charge on any atom is 0.409 e. The molecule has 2 heterocycles. The summed E-state index contributed by atoms with van der Waals surface area (Å²) in [6, 6.07) is 7.81. The van der Waals surface area contributed by atoms with Gasteiger partial charge in [-0.25, -0.2) is 4.79 Å². The minimum absolute atomic E-state index is 0.255. The van der Waals surface area contributed by atoms with Gasteiger partial charge in [-0.3, -0.25) is 0 Å². The third kappa shape index (κ3) is 2.78. The molecule has 2 aromatic rings. The first-order valence-corrected chi connectivity index (χ1v) is 7.66. The van der Waals surface area contributed by atoms with E-state index in [0.29, 0.717) is 37.9 Å².